The molecule has 0 fully saturated rings. The number of nitrogens with one attached hydrogen (secondary N) is 2. The lowest BCUT2D eigenvalue weighted by atomic mass is 10.5. The molecule has 0 saturated carbocycles. The van der Waals surface area contributed by atoms with Gasteiger partial charge in [0.25, 0.3) is 0 Å². The van der Waals surface area contributed by atoms with Crippen LogP contribution >= 0.6 is 0 Å². The summed E-state index contributed by atoms with van der Waals surface area (Å²) >= 11 is 0. The molecule has 0 atom stereocenters. The molecule has 19 heavy (non-hydrogen) atoms. The molecule has 0 spiro atoms. The topological polar surface area (TPSA) is 93.2 Å². The summed E-state index contributed by atoms with van der Waals surface area (Å²) in [5, 5.41) is 2.98. The molecule has 0 amide bonds. The molecule has 2 N–H and O–H groups in total. The molecule has 0 radical (unpaired) electrons. The lowest BCUT2D eigenvalue weighted by molar-refractivity contribution is 0.153. The second kappa shape index (κ2) is 8.03. The summed E-state index contributed by atoms with van der Waals surface area (Å²) in [4.78, 5) is 7.96. The Bertz CT molecular complexity index is 461. The molecule has 1 aromatic rings. The molecule has 0 aliphatic rings. The molecule has 0 saturated heterocycles. The molecule has 0 aromatic carbocycles. The van der Waals surface area contributed by atoms with Crippen molar-refractivity contribution in [3.8, 4) is 0 Å². The average molecular weight is 288 g/mol. The van der Waals surface area contributed by atoms with Crippen molar-refractivity contribution in [3.63, 3.8) is 0 Å². The van der Waals surface area contributed by atoms with Crippen LogP contribution in [0.3, 0.4) is 0 Å². The van der Waals surface area contributed by atoms with Gasteiger partial charge in [-0.2, -0.15) is 0 Å². The van der Waals surface area contributed by atoms with Crippen LogP contribution in [0.4, 0.5) is 5.95 Å². The summed E-state index contributed by atoms with van der Waals surface area (Å²) in [7, 11) is -3.56. The van der Waals surface area contributed by atoms with Gasteiger partial charge in [-0.25, -0.2) is 23.1 Å². The van der Waals surface area contributed by atoms with Crippen LogP contribution in [0.2, 0.25) is 0 Å². The Kier molecular flexibility index (Phi) is 6.68. The van der Waals surface area contributed by atoms with Crippen molar-refractivity contribution in [2.24, 2.45) is 0 Å². The number of anilines is 1. The number of aromatic nitrogens is 2. The average Bonchev–Trinajstić information content (AvgIpc) is 2.42. The Morgan fingerprint density at radius 2 is 1.89 bits per heavy atom. The van der Waals surface area contributed by atoms with Crippen LogP contribution in [0, 0.1) is 0 Å². The van der Waals surface area contributed by atoms with E-state index in [-0.39, 0.29) is 11.4 Å². The Morgan fingerprint density at radius 3 is 2.47 bits per heavy atom. The van der Waals surface area contributed by atoms with Gasteiger partial charge in [-0.3, -0.25) is 0 Å². The fourth-order valence-corrected chi connectivity index (χ4v) is 2.16. The fraction of sp³-hybridized carbons (Fsp3) is 0.636. The van der Waals surface area contributed by atoms with Crippen LogP contribution in [0.1, 0.15) is 20.3 Å². The summed E-state index contributed by atoms with van der Waals surface area (Å²) in [5.74, 6) is 0.426. The zero-order chi connectivity index (χ0) is 14.1. The zero-order valence-electron chi connectivity index (χ0n) is 11.2. The van der Waals surface area contributed by atoms with E-state index in [0.717, 1.165) is 13.0 Å². The minimum atomic E-state index is -3.56. The van der Waals surface area contributed by atoms with Crippen molar-refractivity contribution in [2.75, 3.05) is 31.6 Å². The SMILES string of the molecule is CCCNc1ncc(S(=O)(=O)NCCOCC)cn1. The lowest BCUT2D eigenvalue weighted by Crippen LogP contribution is -2.27. The molecule has 0 aliphatic carbocycles. The smallest absolute Gasteiger partial charge is 0.243 e. The van der Waals surface area contributed by atoms with Crippen LogP contribution < -0.4 is 10.0 Å². The molecule has 8 heteroatoms. The second-order valence-electron chi connectivity index (χ2n) is 3.76. The van der Waals surface area contributed by atoms with Crippen molar-refractivity contribution in [1.29, 1.82) is 0 Å². The van der Waals surface area contributed by atoms with Gasteiger partial charge in [0.1, 0.15) is 4.90 Å². The van der Waals surface area contributed by atoms with Crippen molar-refractivity contribution in [3.05, 3.63) is 12.4 Å². The van der Waals surface area contributed by atoms with Crippen LogP contribution in [0.5, 0.6) is 0 Å². The van der Waals surface area contributed by atoms with Gasteiger partial charge in [0.2, 0.25) is 16.0 Å². The first-order chi connectivity index (χ1) is 9.10. The number of ether oxygens (including phenoxy) is 1. The highest BCUT2D eigenvalue weighted by atomic mass is 32.2. The van der Waals surface area contributed by atoms with Crippen LogP contribution in [0.15, 0.2) is 17.3 Å². The molecule has 0 bridgehead atoms. The van der Waals surface area contributed by atoms with E-state index in [4.69, 9.17) is 4.74 Å². The highest BCUT2D eigenvalue weighted by Crippen LogP contribution is 2.06. The maximum Gasteiger partial charge on any atom is 0.243 e. The quantitative estimate of drug-likeness (QED) is 0.647. The number of sulfonamides is 1. The minimum Gasteiger partial charge on any atom is -0.380 e. The monoisotopic (exact) mass is 288 g/mol. The van der Waals surface area contributed by atoms with Gasteiger partial charge in [-0.05, 0) is 13.3 Å². The largest absolute Gasteiger partial charge is 0.380 e. The molecular weight excluding hydrogens is 268 g/mol. The van der Waals surface area contributed by atoms with Crippen molar-refractivity contribution in [2.45, 2.75) is 25.2 Å². The minimum absolute atomic E-state index is 0.0473. The van der Waals surface area contributed by atoms with Crippen molar-refractivity contribution >= 4 is 16.0 Å². The van der Waals surface area contributed by atoms with Gasteiger partial charge in [0.05, 0.1) is 19.0 Å². The van der Waals surface area contributed by atoms with Gasteiger partial charge in [-0.1, -0.05) is 6.92 Å². The van der Waals surface area contributed by atoms with Gasteiger partial charge in [-0.15, -0.1) is 0 Å². The standard InChI is InChI=1S/C11H20N4O3S/c1-3-5-12-11-13-8-10(9-14-11)19(16,17)15-6-7-18-4-2/h8-9,15H,3-7H2,1-2H3,(H,12,13,14). The maximum absolute atomic E-state index is 11.9. The van der Waals surface area contributed by atoms with Gasteiger partial charge in [0, 0.05) is 19.7 Å². The molecule has 1 heterocycles. The van der Waals surface area contributed by atoms with Crippen LogP contribution in [-0.2, 0) is 14.8 Å². The predicted octanol–water partition coefficient (Wildman–Crippen LogP) is 0.613. The second-order valence-corrected chi connectivity index (χ2v) is 5.53. The Balaban J connectivity index is 2.58. The third-order valence-electron chi connectivity index (χ3n) is 2.21. The molecule has 0 aliphatic heterocycles. The van der Waals surface area contributed by atoms with E-state index in [9.17, 15) is 8.42 Å². The molecule has 0 unspecified atom stereocenters. The zero-order valence-corrected chi connectivity index (χ0v) is 12.0. The maximum atomic E-state index is 11.9. The van der Waals surface area contributed by atoms with Crippen molar-refractivity contribution in [1.82, 2.24) is 14.7 Å². The highest BCUT2D eigenvalue weighted by molar-refractivity contribution is 7.89. The first-order valence-corrected chi connectivity index (χ1v) is 7.71. The third kappa shape index (κ3) is 5.50. The third-order valence-corrected chi connectivity index (χ3v) is 3.63. The van der Waals surface area contributed by atoms with E-state index < -0.39 is 10.0 Å². The van der Waals surface area contributed by atoms with Crippen molar-refractivity contribution < 1.29 is 13.2 Å². The first kappa shape index (κ1) is 15.8. The molecule has 1 rings (SSSR count). The van der Waals surface area contributed by atoms with E-state index in [1.165, 1.54) is 12.4 Å². The summed E-state index contributed by atoms with van der Waals surface area (Å²) in [6.45, 7) is 5.75. The van der Waals surface area contributed by atoms with Gasteiger partial charge in [0.15, 0.2) is 0 Å². The number of rotatable bonds is 9. The molecule has 1 aromatic heterocycles. The number of hydrogen-bond donors (Lipinski definition) is 2. The van der Waals surface area contributed by atoms with Crippen LogP contribution in [0.25, 0.3) is 0 Å². The summed E-state index contributed by atoms with van der Waals surface area (Å²) in [6, 6.07) is 0. The van der Waals surface area contributed by atoms with Gasteiger partial charge >= 0.3 is 0 Å². The first-order valence-electron chi connectivity index (χ1n) is 6.23. The lowest BCUT2D eigenvalue weighted by Gasteiger charge is -2.07. The normalized spacial score (nSPS) is 11.5. The summed E-state index contributed by atoms with van der Waals surface area (Å²) < 4.78 is 31.2. The summed E-state index contributed by atoms with van der Waals surface area (Å²) in [5.41, 5.74) is 0. The highest BCUT2D eigenvalue weighted by Gasteiger charge is 2.14. The molecular formula is C11H20N4O3S. The van der Waals surface area contributed by atoms with E-state index in [2.05, 4.69) is 20.0 Å². The van der Waals surface area contributed by atoms with E-state index >= 15 is 0 Å². The number of hydrogen-bond acceptors (Lipinski definition) is 6. The number of nitrogens with zero attached hydrogens (tertiary/aromatic N) is 2. The van der Waals surface area contributed by atoms with E-state index in [1.54, 1.807) is 0 Å². The van der Waals surface area contributed by atoms with Gasteiger partial charge < -0.3 is 10.1 Å². The van der Waals surface area contributed by atoms with E-state index in [1.807, 2.05) is 13.8 Å². The molecule has 108 valence electrons. The Hall–Kier alpha value is -1.25. The van der Waals surface area contributed by atoms with Crippen LogP contribution in [-0.4, -0.2) is 44.7 Å². The van der Waals surface area contributed by atoms with E-state index in [0.29, 0.717) is 19.2 Å². The predicted molar refractivity (Wildman–Crippen MR) is 72.5 cm³/mol. The summed E-state index contributed by atoms with van der Waals surface area (Å²) in [6.07, 6.45) is 3.52. The molecule has 7 nitrogen and oxygen atoms in total. The Labute approximate surface area is 113 Å². The Morgan fingerprint density at radius 1 is 1.21 bits per heavy atom. The fourth-order valence-electron chi connectivity index (χ4n) is 1.26.